The Hall–Kier alpha value is -4.00. The van der Waals surface area contributed by atoms with E-state index in [-0.39, 0.29) is 0 Å². The van der Waals surface area contributed by atoms with E-state index < -0.39 is 11.2 Å². The Morgan fingerprint density at radius 2 is 0.889 bits per heavy atom. The Bertz CT molecular complexity index is 1680. The van der Waals surface area contributed by atoms with Gasteiger partial charge in [-0.1, -0.05) is 36.4 Å². The minimum atomic E-state index is -1.03. The molecule has 0 aliphatic heterocycles. The molecule has 0 aliphatic rings. The van der Waals surface area contributed by atoms with E-state index in [2.05, 4.69) is 0 Å². The summed E-state index contributed by atoms with van der Waals surface area (Å²) in [5.41, 5.74) is 7.41. The van der Waals surface area contributed by atoms with Crippen LogP contribution in [0.4, 0.5) is 0 Å². The molecule has 0 atom stereocenters. The van der Waals surface area contributed by atoms with Crippen molar-refractivity contribution in [2.24, 2.45) is 0 Å². The van der Waals surface area contributed by atoms with Crippen LogP contribution in [0.2, 0.25) is 0 Å². The molecule has 2 heterocycles. The summed E-state index contributed by atoms with van der Waals surface area (Å²) in [4.78, 5) is 19.4. The van der Waals surface area contributed by atoms with Gasteiger partial charge in [0.05, 0.1) is 55.3 Å². The van der Waals surface area contributed by atoms with Crippen LogP contribution < -0.4 is 0 Å². The first-order valence-electron chi connectivity index (χ1n) is 12.0. The quantitative estimate of drug-likeness (QED) is 0.306. The molecule has 0 aliphatic carbocycles. The second-order valence-corrected chi connectivity index (χ2v) is 10.3. The highest BCUT2D eigenvalue weighted by Crippen LogP contribution is 2.32. The number of aromatic nitrogens is 4. The van der Waals surface area contributed by atoms with Gasteiger partial charge in [-0.05, 0) is 75.2 Å². The van der Waals surface area contributed by atoms with Crippen molar-refractivity contribution in [3.8, 4) is 11.1 Å². The van der Waals surface area contributed by atoms with Crippen molar-refractivity contribution in [2.45, 2.75) is 38.9 Å². The van der Waals surface area contributed by atoms with Crippen LogP contribution in [0.3, 0.4) is 0 Å². The molecule has 0 radical (unpaired) electrons. The highest BCUT2D eigenvalue weighted by molar-refractivity contribution is 5.93. The van der Waals surface area contributed by atoms with Gasteiger partial charge in [0.15, 0.2) is 0 Å². The monoisotopic (exact) mass is 474 g/mol. The number of hydrogen-bond acceptors (Lipinski definition) is 6. The topological polar surface area (TPSA) is 92.0 Å². The minimum Gasteiger partial charge on any atom is -0.386 e. The molecule has 2 N–H and O–H groups in total. The molecule has 0 spiro atoms. The Balaban J connectivity index is 1.52. The van der Waals surface area contributed by atoms with Crippen LogP contribution in [-0.4, -0.2) is 30.1 Å². The lowest BCUT2D eigenvalue weighted by atomic mass is 9.96. The van der Waals surface area contributed by atoms with Crippen molar-refractivity contribution in [1.82, 2.24) is 19.9 Å². The first kappa shape index (κ1) is 22.5. The molecule has 0 saturated heterocycles. The molecule has 36 heavy (non-hydrogen) atoms. The third-order valence-electron chi connectivity index (χ3n) is 6.58. The molecule has 6 rings (SSSR count). The van der Waals surface area contributed by atoms with E-state index in [0.29, 0.717) is 11.0 Å². The Morgan fingerprint density at radius 3 is 1.28 bits per heavy atom. The standard InChI is InChI=1S/C30H26N4O2/c1-29(2,35)19-7-5-9-23-27(19)33-25-15-17(11-13-21(25)31-23)18-12-14-22-26(16-18)34-28-20(30(3,4)36)8-6-10-24(28)32-22/h5-16,35-36H,1-4H3. The maximum atomic E-state index is 10.6. The van der Waals surface area contributed by atoms with Gasteiger partial charge in [-0.15, -0.1) is 0 Å². The zero-order valence-electron chi connectivity index (χ0n) is 20.6. The second kappa shape index (κ2) is 7.75. The SMILES string of the molecule is CC(C)(O)c1cccc2nc3ccc(-c4ccc5nc6cccc(C(C)(C)O)c6nc5c4)cc3nc12. The smallest absolute Gasteiger partial charge is 0.0955 e. The lowest BCUT2D eigenvalue weighted by molar-refractivity contribution is 0.0794. The zero-order chi connectivity index (χ0) is 25.2. The number of aliphatic hydroxyl groups is 2. The van der Waals surface area contributed by atoms with Crippen LogP contribution in [0, 0.1) is 0 Å². The molecule has 6 heteroatoms. The van der Waals surface area contributed by atoms with Crippen molar-refractivity contribution in [3.63, 3.8) is 0 Å². The van der Waals surface area contributed by atoms with Crippen molar-refractivity contribution in [2.75, 3.05) is 0 Å². The number of nitrogens with zero attached hydrogens (tertiary/aromatic N) is 4. The van der Waals surface area contributed by atoms with E-state index in [1.165, 1.54) is 0 Å². The summed E-state index contributed by atoms with van der Waals surface area (Å²) in [6.07, 6.45) is 0. The highest BCUT2D eigenvalue weighted by Gasteiger charge is 2.22. The third-order valence-corrected chi connectivity index (χ3v) is 6.58. The lowest BCUT2D eigenvalue weighted by Gasteiger charge is -2.19. The van der Waals surface area contributed by atoms with Crippen LogP contribution >= 0.6 is 0 Å². The fraction of sp³-hybridized carbons (Fsp3) is 0.200. The molecule has 0 amide bonds. The third kappa shape index (κ3) is 3.75. The predicted octanol–water partition coefficient (Wildman–Crippen LogP) is 6.00. The molecule has 6 aromatic rings. The van der Waals surface area contributed by atoms with Crippen molar-refractivity contribution < 1.29 is 10.2 Å². The Labute approximate surface area is 208 Å². The fourth-order valence-corrected chi connectivity index (χ4v) is 4.74. The minimum absolute atomic E-state index is 0.699. The maximum absolute atomic E-state index is 10.6. The van der Waals surface area contributed by atoms with E-state index in [9.17, 15) is 10.2 Å². The molecular weight excluding hydrogens is 448 g/mol. The summed E-state index contributed by atoms with van der Waals surface area (Å²) in [7, 11) is 0. The van der Waals surface area contributed by atoms with Crippen molar-refractivity contribution >= 4 is 44.1 Å². The summed E-state index contributed by atoms with van der Waals surface area (Å²) in [6.45, 7) is 7.03. The van der Waals surface area contributed by atoms with Gasteiger partial charge in [0, 0.05) is 11.1 Å². The average molecular weight is 475 g/mol. The van der Waals surface area contributed by atoms with E-state index in [1.807, 2.05) is 72.8 Å². The molecule has 0 fully saturated rings. The summed E-state index contributed by atoms with van der Waals surface area (Å²) < 4.78 is 0. The molecule has 178 valence electrons. The maximum Gasteiger partial charge on any atom is 0.0955 e. The lowest BCUT2D eigenvalue weighted by Crippen LogP contribution is -2.16. The summed E-state index contributed by atoms with van der Waals surface area (Å²) in [6, 6.07) is 23.4. The average Bonchev–Trinajstić information content (AvgIpc) is 2.83. The summed E-state index contributed by atoms with van der Waals surface area (Å²) in [5, 5.41) is 21.3. The summed E-state index contributed by atoms with van der Waals surface area (Å²) in [5.74, 6) is 0. The van der Waals surface area contributed by atoms with Crippen LogP contribution in [-0.2, 0) is 11.2 Å². The first-order chi connectivity index (χ1) is 17.1. The Morgan fingerprint density at radius 1 is 0.472 bits per heavy atom. The van der Waals surface area contributed by atoms with E-state index in [4.69, 9.17) is 19.9 Å². The molecule has 4 aromatic carbocycles. The van der Waals surface area contributed by atoms with Crippen molar-refractivity contribution in [3.05, 3.63) is 83.9 Å². The zero-order valence-corrected chi connectivity index (χ0v) is 20.6. The van der Waals surface area contributed by atoms with Gasteiger partial charge >= 0.3 is 0 Å². The molecule has 0 saturated carbocycles. The Kier molecular flexibility index (Phi) is 4.84. The second-order valence-electron chi connectivity index (χ2n) is 10.3. The fourth-order valence-electron chi connectivity index (χ4n) is 4.74. The van der Waals surface area contributed by atoms with Crippen LogP contribution in [0.1, 0.15) is 38.8 Å². The number of hydrogen-bond donors (Lipinski definition) is 2. The number of benzene rings is 4. The van der Waals surface area contributed by atoms with E-state index in [0.717, 1.165) is 55.4 Å². The molecule has 6 nitrogen and oxygen atoms in total. The van der Waals surface area contributed by atoms with Gasteiger partial charge in [0.1, 0.15) is 0 Å². The van der Waals surface area contributed by atoms with Crippen LogP contribution in [0.15, 0.2) is 72.8 Å². The van der Waals surface area contributed by atoms with Gasteiger partial charge in [-0.2, -0.15) is 0 Å². The van der Waals surface area contributed by atoms with Crippen LogP contribution in [0.25, 0.3) is 55.3 Å². The largest absolute Gasteiger partial charge is 0.386 e. The van der Waals surface area contributed by atoms with Crippen molar-refractivity contribution in [1.29, 1.82) is 0 Å². The van der Waals surface area contributed by atoms with Crippen LogP contribution in [0.5, 0.6) is 0 Å². The normalized spacial score (nSPS) is 12.7. The molecule has 0 unspecified atom stereocenters. The van der Waals surface area contributed by atoms with Gasteiger partial charge in [0.2, 0.25) is 0 Å². The number of rotatable bonds is 3. The summed E-state index contributed by atoms with van der Waals surface area (Å²) >= 11 is 0. The first-order valence-corrected chi connectivity index (χ1v) is 12.0. The number of para-hydroxylation sites is 2. The van der Waals surface area contributed by atoms with E-state index in [1.54, 1.807) is 27.7 Å². The van der Waals surface area contributed by atoms with Gasteiger partial charge in [0.25, 0.3) is 0 Å². The highest BCUT2D eigenvalue weighted by atomic mass is 16.3. The van der Waals surface area contributed by atoms with Gasteiger partial charge in [-0.25, -0.2) is 19.9 Å². The predicted molar refractivity (Wildman–Crippen MR) is 144 cm³/mol. The van der Waals surface area contributed by atoms with E-state index >= 15 is 0 Å². The molecular formula is C30H26N4O2. The molecule has 0 bridgehead atoms. The molecule has 2 aromatic heterocycles. The number of fused-ring (bicyclic) bond motifs is 4. The van der Waals surface area contributed by atoms with Gasteiger partial charge in [-0.3, -0.25) is 0 Å². The van der Waals surface area contributed by atoms with Gasteiger partial charge < -0.3 is 10.2 Å².